The maximum Gasteiger partial charge on any atom is 0.170 e. The third-order valence-electron chi connectivity index (χ3n) is 2.38. The highest BCUT2D eigenvalue weighted by atomic mass is 32.2. The first-order valence-electron chi connectivity index (χ1n) is 5.31. The van der Waals surface area contributed by atoms with Gasteiger partial charge in [0.15, 0.2) is 5.84 Å². The van der Waals surface area contributed by atoms with Crippen molar-refractivity contribution in [2.45, 2.75) is 9.79 Å². The first-order chi connectivity index (χ1) is 9.10. The van der Waals surface area contributed by atoms with Crippen molar-refractivity contribution in [2.24, 2.45) is 10.9 Å². The van der Waals surface area contributed by atoms with Gasteiger partial charge in [0, 0.05) is 15.4 Å². The van der Waals surface area contributed by atoms with Gasteiger partial charge >= 0.3 is 0 Å². The molecule has 19 heavy (non-hydrogen) atoms. The van der Waals surface area contributed by atoms with Gasteiger partial charge in [-0.05, 0) is 42.5 Å². The summed E-state index contributed by atoms with van der Waals surface area (Å²) < 4.78 is 26.6. The summed E-state index contributed by atoms with van der Waals surface area (Å²) >= 11 is 1.17. The van der Waals surface area contributed by atoms with Gasteiger partial charge in [-0.15, -0.1) is 0 Å². The fourth-order valence-corrected chi connectivity index (χ4v) is 2.25. The monoisotopic (exact) mass is 280 g/mol. The van der Waals surface area contributed by atoms with Gasteiger partial charge in [-0.1, -0.05) is 16.9 Å². The summed E-state index contributed by atoms with van der Waals surface area (Å²) in [6.07, 6.45) is 0. The van der Waals surface area contributed by atoms with Crippen molar-refractivity contribution in [3.63, 3.8) is 0 Å². The van der Waals surface area contributed by atoms with Crippen LogP contribution in [-0.4, -0.2) is 11.0 Å². The molecule has 2 aromatic carbocycles. The first-order valence-corrected chi connectivity index (χ1v) is 6.12. The number of hydrogen-bond donors (Lipinski definition) is 2. The average Bonchev–Trinajstić information content (AvgIpc) is 2.42. The largest absolute Gasteiger partial charge is 0.409 e. The summed E-state index contributed by atoms with van der Waals surface area (Å²) in [5, 5.41) is 11.3. The summed E-state index contributed by atoms with van der Waals surface area (Å²) in [5.41, 5.74) is 5.66. The molecule has 0 saturated heterocycles. The third-order valence-corrected chi connectivity index (χ3v) is 3.44. The van der Waals surface area contributed by atoms with E-state index in [1.807, 2.05) is 0 Å². The normalized spacial score (nSPS) is 11.6. The minimum absolute atomic E-state index is 0.155. The van der Waals surface area contributed by atoms with Gasteiger partial charge < -0.3 is 10.9 Å². The summed E-state index contributed by atoms with van der Waals surface area (Å²) in [4.78, 5) is 1.10. The number of rotatable bonds is 3. The molecule has 3 N–H and O–H groups in total. The maximum atomic E-state index is 13.8. The number of nitrogens with zero attached hydrogens (tertiary/aromatic N) is 1. The molecule has 0 fully saturated rings. The molecule has 0 saturated carbocycles. The lowest BCUT2D eigenvalue weighted by Crippen LogP contribution is -2.13. The fraction of sp³-hybridized carbons (Fsp3) is 0. The molecule has 0 aliphatic rings. The third kappa shape index (κ3) is 3.23. The van der Waals surface area contributed by atoms with Crippen LogP contribution in [0.3, 0.4) is 0 Å². The predicted molar refractivity (Wildman–Crippen MR) is 69.4 cm³/mol. The van der Waals surface area contributed by atoms with E-state index in [0.29, 0.717) is 10.5 Å². The average molecular weight is 280 g/mol. The molecule has 0 aliphatic carbocycles. The topological polar surface area (TPSA) is 58.6 Å². The molecule has 0 heterocycles. The van der Waals surface area contributed by atoms with Crippen LogP contribution in [0.4, 0.5) is 8.78 Å². The molecule has 98 valence electrons. The van der Waals surface area contributed by atoms with Crippen molar-refractivity contribution >= 4 is 17.6 Å². The lowest BCUT2D eigenvalue weighted by Gasteiger charge is -2.05. The Morgan fingerprint density at radius 2 is 1.79 bits per heavy atom. The molecule has 0 bridgehead atoms. The molecule has 0 unspecified atom stereocenters. The van der Waals surface area contributed by atoms with E-state index in [2.05, 4.69) is 5.16 Å². The van der Waals surface area contributed by atoms with Crippen molar-refractivity contribution in [3.05, 3.63) is 59.7 Å². The van der Waals surface area contributed by atoms with Crippen LogP contribution in [0.15, 0.2) is 57.4 Å². The molecule has 0 radical (unpaired) electrons. The van der Waals surface area contributed by atoms with Gasteiger partial charge in [0.25, 0.3) is 0 Å². The Labute approximate surface area is 112 Å². The Hall–Kier alpha value is -2.08. The van der Waals surface area contributed by atoms with Gasteiger partial charge in [-0.3, -0.25) is 0 Å². The smallest absolute Gasteiger partial charge is 0.170 e. The summed E-state index contributed by atoms with van der Waals surface area (Å²) in [6, 6.07) is 10.0. The number of hydrogen-bond acceptors (Lipinski definition) is 3. The molecule has 0 aliphatic heterocycles. The standard InChI is InChI=1S/C13H10F2N2OS/c14-9-2-4-10(5-3-9)19-12-6-1-8(7-11(12)15)13(16)17-18/h1-7,18H,(H2,16,17). The SMILES string of the molecule is N/C(=N\O)c1ccc(Sc2ccc(F)cc2)c(F)c1. The van der Waals surface area contributed by atoms with Crippen LogP contribution in [0.2, 0.25) is 0 Å². The van der Waals surface area contributed by atoms with E-state index >= 15 is 0 Å². The Morgan fingerprint density at radius 1 is 1.11 bits per heavy atom. The Bertz CT molecular complexity index is 615. The van der Waals surface area contributed by atoms with Crippen LogP contribution in [-0.2, 0) is 0 Å². The highest BCUT2D eigenvalue weighted by molar-refractivity contribution is 7.99. The fourth-order valence-electron chi connectivity index (χ4n) is 1.43. The summed E-state index contributed by atoms with van der Waals surface area (Å²) in [6.45, 7) is 0. The number of halogens is 2. The van der Waals surface area contributed by atoms with E-state index in [1.54, 1.807) is 18.2 Å². The van der Waals surface area contributed by atoms with E-state index in [1.165, 1.54) is 36.0 Å². The first kappa shape index (κ1) is 13.4. The molecule has 3 nitrogen and oxygen atoms in total. The quantitative estimate of drug-likeness (QED) is 0.393. The Balaban J connectivity index is 2.24. The van der Waals surface area contributed by atoms with E-state index in [4.69, 9.17) is 10.9 Å². The lowest BCUT2D eigenvalue weighted by atomic mass is 10.2. The second-order valence-electron chi connectivity index (χ2n) is 3.69. The van der Waals surface area contributed by atoms with E-state index < -0.39 is 5.82 Å². The second kappa shape index (κ2) is 5.71. The van der Waals surface area contributed by atoms with Crippen molar-refractivity contribution in [1.82, 2.24) is 0 Å². The molecule has 2 rings (SSSR count). The molecule has 0 aromatic heterocycles. The van der Waals surface area contributed by atoms with Gasteiger partial charge in [-0.25, -0.2) is 8.78 Å². The van der Waals surface area contributed by atoms with Gasteiger partial charge in [-0.2, -0.15) is 0 Å². The molecule has 0 spiro atoms. The zero-order valence-electron chi connectivity index (χ0n) is 9.68. The van der Waals surface area contributed by atoms with Gasteiger partial charge in [0.1, 0.15) is 11.6 Å². The second-order valence-corrected chi connectivity index (χ2v) is 4.80. The van der Waals surface area contributed by atoms with Crippen LogP contribution < -0.4 is 5.73 Å². The van der Waals surface area contributed by atoms with Crippen LogP contribution in [0.5, 0.6) is 0 Å². The zero-order valence-corrected chi connectivity index (χ0v) is 10.5. The van der Waals surface area contributed by atoms with E-state index in [9.17, 15) is 8.78 Å². The Morgan fingerprint density at radius 3 is 2.37 bits per heavy atom. The number of nitrogens with two attached hydrogens (primary N) is 1. The molecular formula is C13H10F2N2OS. The summed E-state index contributed by atoms with van der Waals surface area (Å²) in [7, 11) is 0. The maximum absolute atomic E-state index is 13.8. The van der Waals surface area contributed by atoms with Gasteiger partial charge in [0.2, 0.25) is 0 Å². The molecular weight excluding hydrogens is 270 g/mol. The Kier molecular flexibility index (Phi) is 4.01. The van der Waals surface area contributed by atoms with Crippen LogP contribution in [0.25, 0.3) is 0 Å². The van der Waals surface area contributed by atoms with Gasteiger partial charge in [0.05, 0.1) is 0 Å². The van der Waals surface area contributed by atoms with Crippen LogP contribution in [0, 0.1) is 11.6 Å². The predicted octanol–water partition coefficient (Wildman–Crippen LogP) is 3.21. The number of oxime groups is 1. The van der Waals surface area contributed by atoms with E-state index in [-0.39, 0.29) is 11.7 Å². The summed E-state index contributed by atoms with van der Waals surface area (Å²) in [5.74, 6) is -0.984. The molecule has 0 atom stereocenters. The number of amidine groups is 1. The van der Waals surface area contributed by atoms with Crippen LogP contribution >= 0.6 is 11.8 Å². The highest BCUT2D eigenvalue weighted by Crippen LogP contribution is 2.30. The molecule has 2 aromatic rings. The highest BCUT2D eigenvalue weighted by Gasteiger charge is 2.08. The van der Waals surface area contributed by atoms with Crippen molar-refractivity contribution < 1.29 is 14.0 Å². The minimum atomic E-state index is -0.488. The van der Waals surface area contributed by atoms with Crippen LogP contribution in [0.1, 0.15) is 5.56 Å². The van der Waals surface area contributed by atoms with Crippen molar-refractivity contribution in [2.75, 3.05) is 0 Å². The van der Waals surface area contributed by atoms with Crippen molar-refractivity contribution in [3.8, 4) is 0 Å². The van der Waals surface area contributed by atoms with Crippen molar-refractivity contribution in [1.29, 1.82) is 0 Å². The zero-order chi connectivity index (χ0) is 13.8. The minimum Gasteiger partial charge on any atom is -0.409 e. The van der Waals surface area contributed by atoms with E-state index in [0.717, 1.165) is 4.90 Å². The molecule has 0 amide bonds. The lowest BCUT2D eigenvalue weighted by molar-refractivity contribution is 0.318. The molecule has 6 heteroatoms. The number of benzene rings is 2.